The summed E-state index contributed by atoms with van der Waals surface area (Å²) in [6.45, 7) is 4.31. The van der Waals surface area contributed by atoms with Gasteiger partial charge >= 0.3 is 0 Å². The molecule has 0 fully saturated rings. The molecule has 0 spiro atoms. The molecule has 0 saturated carbocycles. The van der Waals surface area contributed by atoms with Gasteiger partial charge in [0.15, 0.2) is 0 Å². The second kappa shape index (κ2) is 7.12. The fourth-order valence-electron chi connectivity index (χ4n) is 4.18. The van der Waals surface area contributed by atoms with Gasteiger partial charge in [0.05, 0.1) is 16.6 Å². The van der Waals surface area contributed by atoms with Crippen molar-refractivity contribution in [3.05, 3.63) is 94.2 Å². The molecular weight excluding hydrogens is 434 g/mol. The average Bonchev–Trinajstić information content (AvgIpc) is 3.03. The number of aryl methyl sites for hydroxylation is 1. The molecule has 0 unspecified atom stereocenters. The largest absolute Gasteiger partial charge is 0.314 e. The molecule has 2 heterocycles. The van der Waals surface area contributed by atoms with Crippen LogP contribution in [-0.4, -0.2) is 9.55 Å². The van der Waals surface area contributed by atoms with E-state index in [0.29, 0.717) is 5.56 Å². The summed E-state index contributed by atoms with van der Waals surface area (Å²) in [6, 6.07) is 24.9. The van der Waals surface area contributed by atoms with E-state index < -0.39 is 0 Å². The molecule has 30 heavy (non-hydrogen) atoms. The lowest BCUT2D eigenvalue weighted by Crippen LogP contribution is -1.97. The van der Waals surface area contributed by atoms with E-state index in [2.05, 4.69) is 75.7 Å². The number of nitriles is 1. The highest BCUT2D eigenvalue weighted by Crippen LogP contribution is 2.37. The summed E-state index contributed by atoms with van der Waals surface area (Å²) in [6.07, 6.45) is 1.96. The number of rotatable bonds is 2. The normalized spacial score (nSPS) is 11.1. The molecule has 0 aliphatic heterocycles. The van der Waals surface area contributed by atoms with Crippen molar-refractivity contribution in [3.63, 3.8) is 0 Å². The third-order valence-corrected chi connectivity index (χ3v) is 6.43. The zero-order chi connectivity index (χ0) is 20.8. The van der Waals surface area contributed by atoms with Crippen LogP contribution in [-0.2, 0) is 0 Å². The molecule has 5 aromatic rings. The van der Waals surface area contributed by atoms with Gasteiger partial charge in [-0.15, -0.1) is 0 Å². The Bertz CT molecular complexity index is 1490. The van der Waals surface area contributed by atoms with Crippen molar-refractivity contribution in [2.24, 2.45) is 0 Å². The van der Waals surface area contributed by atoms with E-state index in [0.717, 1.165) is 32.1 Å². The highest BCUT2D eigenvalue weighted by atomic mass is 79.9. The van der Waals surface area contributed by atoms with Crippen LogP contribution in [0.2, 0.25) is 0 Å². The summed E-state index contributed by atoms with van der Waals surface area (Å²) < 4.78 is 3.06. The Morgan fingerprint density at radius 1 is 0.967 bits per heavy atom. The zero-order valence-electron chi connectivity index (χ0n) is 16.6. The summed E-state index contributed by atoms with van der Waals surface area (Å²) in [7, 11) is 0. The van der Waals surface area contributed by atoms with Crippen molar-refractivity contribution >= 4 is 37.7 Å². The smallest absolute Gasteiger partial charge is 0.100 e. The number of para-hydroxylation sites is 1. The second-order valence-corrected chi connectivity index (χ2v) is 8.29. The lowest BCUT2D eigenvalue weighted by Gasteiger charge is -2.11. The van der Waals surface area contributed by atoms with E-state index in [1.165, 1.54) is 22.2 Å². The van der Waals surface area contributed by atoms with Crippen molar-refractivity contribution in [1.29, 1.82) is 5.26 Å². The number of pyridine rings is 1. The summed E-state index contributed by atoms with van der Waals surface area (Å²) >= 11 is 3.53. The monoisotopic (exact) mass is 451 g/mol. The van der Waals surface area contributed by atoms with E-state index in [1.54, 1.807) is 0 Å². The van der Waals surface area contributed by atoms with Crippen LogP contribution in [0.15, 0.2) is 77.4 Å². The van der Waals surface area contributed by atoms with Crippen molar-refractivity contribution in [2.45, 2.75) is 13.8 Å². The number of halogens is 1. The van der Waals surface area contributed by atoms with Gasteiger partial charge in [-0.1, -0.05) is 30.3 Å². The Morgan fingerprint density at radius 2 is 1.80 bits per heavy atom. The van der Waals surface area contributed by atoms with Crippen molar-refractivity contribution in [1.82, 2.24) is 9.55 Å². The Balaban J connectivity index is 1.78. The summed E-state index contributed by atoms with van der Waals surface area (Å²) in [5.74, 6) is 0. The number of hydrogen-bond acceptors (Lipinski definition) is 2. The van der Waals surface area contributed by atoms with Crippen LogP contribution in [0.5, 0.6) is 0 Å². The van der Waals surface area contributed by atoms with Gasteiger partial charge in [0.2, 0.25) is 0 Å². The minimum Gasteiger partial charge on any atom is -0.314 e. The van der Waals surface area contributed by atoms with Crippen LogP contribution in [0.1, 0.15) is 16.8 Å². The number of fused-ring (bicyclic) bond motifs is 2. The van der Waals surface area contributed by atoms with Crippen LogP contribution in [0, 0.1) is 25.2 Å². The van der Waals surface area contributed by atoms with E-state index in [-0.39, 0.29) is 0 Å². The zero-order valence-corrected chi connectivity index (χ0v) is 18.2. The molecule has 0 radical (unpaired) electrons. The molecule has 3 nitrogen and oxygen atoms in total. The maximum atomic E-state index is 9.26. The molecule has 5 rings (SSSR count). The Hall–Kier alpha value is -3.42. The minimum absolute atomic E-state index is 0.632. The van der Waals surface area contributed by atoms with Crippen molar-refractivity contribution < 1.29 is 0 Å². The van der Waals surface area contributed by atoms with Gasteiger partial charge in [0.25, 0.3) is 0 Å². The summed E-state index contributed by atoms with van der Waals surface area (Å²) in [5, 5.41) is 11.6. The van der Waals surface area contributed by atoms with Gasteiger partial charge in [-0.3, -0.25) is 4.98 Å². The van der Waals surface area contributed by atoms with E-state index >= 15 is 0 Å². The topological polar surface area (TPSA) is 41.6 Å². The highest BCUT2D eigenvalue weighted by molar-refractivity contribution is 9.10. The summed E-state index contributed by atoms with van der Waals surface area (Å²) in [5.41, 5.74) is 8.53. The predicted octanol–water partition coefficient (Wildman–Crippen LogP) is 7.10. The first kappa shape index (κ1) is 18.6. The van der Waals surface area contributed by atoms with Crippen LogP contribution in [0.25, 0.3) is 38.6 Å². The van der Waals surface area contributed by atoms with Gasteiger partial charge in [-0.2, -0.15) is 5.26 Å². The molecule has 0 aliphatic carbocycles. The fourth-order valence-corrected chi connectivity index (χ4v) is 4.63. The highest BCUT2D eigenvalue weighted by Gasteiger charge is 2.17. The third kappa shape index (κ3) is 2.82. The second-order valence-electron chi connectivity index (χ2n) is 7.44. The van der Waals surface area contributed by atoms with Crippen molar-refractivity contribution in [2.75, 3.05) is 0 Å². The van der Waals surface area contributed by atoms with E-state index in [4.69, 9.17) is 0 Å². The van der Waals surface area contributed by atoms with Gasteiger partial charge in [0.1, 0.15) is 6.07 Å². The maximum Gasteiger partial charge on any atom is 0.100 e. The molecule has 0 bridgehead atoms. The minimum atomic E-state index is 0.632. The molecule has 144 valence electrons. The number of hydrogen-bond donors (Lipinski definition) is 0. The molecule has 0 saturated heterocycles. The molecule has 0 aliphatic rings. The lowest BCUT2D eigenvalue weighted by atomic mass is 9.99. The fraction of sp³-hybridized carbons (Fsp3) is 0.0769. The Morgan fingerprint density at radius 3 is 2.60 bits per heavy atom. The number of aromatic nitrogens is 2. The standard InChI is InChI=1S/C26H18BrN3/c1-16-17(2)30(21-11-10-19(14-28)23(27)13-21)25-9-5-7-22(26(16)25)20-12-18-6-3-4-8-24(18)29-15-20/h3-13,15H,1-2H3. The molecular formula is C26H18BrN3. The molecule has 0 amide bonds. The van der Waals surface area contributed by atoms with E-state index in [9.17, 15) is 5.26 Å². The van der Waals surface area contributed by atoms with Crippen LogP contribution >= 0.6 is 15.9 Å². The Kier molecular flexibility index (Phi) is 4.42. The van der Waals surface area contributed by atoms with Gasteiger partial charge in [-0.25, -0.2) is 0 Å². The molecule has 4 heteroatoms. The van der Waals surface area contributed by atoms with Crippen LogP contribution in [0.3, 0.4) is 0 Å². The number of benzene rings is 3. The molecule has 0 N–H and O–H groups in total. The first-order valence-corrected chi connectivity index (χ1v) is 10.5. The SMILES string of the molecule is Cc1c(C)n(-c2ccc(C#N)c(Br)c2)c2cccc(-c3cnc4ccccc4c3)c12. The van der Waals surface area contributed by atoms with Crippen molar-refractivity contribution in [3.8, 4) is 22.9 Å². The van der Waals surface area contributed by atoms with Gasteiger partial charge in [0, 0.05) is 38.4 Å². The van der Waals surface area contributed by atoms with Gasteiger partial charge in [-0.05, 0) is 77.3 Å². The first-order valence-electron chi connectivity index (χ1n) is 9.74. The van der Waals surface area contributed by atoms with Gasteiger partial charge < -0.3 is 4.57 Å². The molecule has 3 aromatic carbocycles. The third-order valence-electron chi connectivity index (χ3n) is 5.77. The quantitative estimate of drug-likeness (QED) is 0.287. The first-order chi connectivity index (χ1) is 14.6. The van der Waals surface area contributed by atoms with Crippen LogP contribution in [0.4, 0.5) is 0 Å². The lowest BCUT2D eigenvalue weighted by molar-refractivity contribution is 1.04. The van der Waals surface area contributed by atoms with Crippen LogP contribution < -0.4 is 0 Å². The summed E-state index contributed by atoms with van der Waals surface area (Å²) in [4.78, 5) is 4.67. The Labute approximate surface area is 183 Å². The molecule has 2 aromatic heterocycles. The molecule has 0 atom stereocenters. The predicted molar refractivity (Wildman–Crippen MR) is 126 cm³/mol. The van der Waals surface area contributed by atoms with E-state index in [1.807, 2.05) is 42.6 Å². The number of nitrogens with zero attached hydrogens (tertiary/aromatic N) is 3. The average molecular weight is 452 g/mol. The maximum absolute atomic E-state index is 9.26.